The summed E-state index contributed by atoms with van der Waals surface area (Å²) in [5, 5.41) is 4.90. The topological polar surface area (TPSA) is 28.7 Å². The zero-order valence-electron chi connectivity index (χ0n) is 14.5. The lowest BCUT2D eigenvalue weighted by atomic mass is 9.96. The van der Waals surface area contributed by atoms with Crippen LogP contribution in [-0.4, -0.2) is 9.97 Å². The molecule has 0 aliphatic heterocycles. The van der Waals surface area contributed by atoms with Crippen LogP contribution < -0.4 is 0 Å². The molecule has 1 N–H and O–H groups in total. The molecule has 0 saturated carbocycles. The predicted molar refractivity (Wildman–Crippen MR) is 109 cm³/mol. The normalized spacial score (nSPS) is 11.3. The van der Waals surface area contributed by atoms with Gasteiger partial charge >= 0.3 is 0 Å². The Morgan fingerprint density at radius 1 is 0.731 bits per heavy atom. The standard InChI is InChI=1S/C24H18N2/c1-16-10-12-17(13-11-16)22-15-25-24(26-22)23-20-8-4-2-6-18(20)14-19-7-3-5-9-21(19)23/h2-15H,1H3,(H,25,26). The number of aryl methyl sites for hydroxylation is 1. The molecule has 0 aliphatic rings. The van der Waals surface area contributed by atoms with E-state index in [1.54, 1.807) is 0 Å². The maximum Gasteiger partial charge on any atom is 0.139 e. The number of aromatic amines is 1. The number of aromatic nitrogens is 2. The number of hydrogen-bond donors (Lipinski definition) is 1. The smallest absolute Gasteiger partial charge is 0.139 e. The van der Waals surface area contributed by atoms with E-state index in [9.17, 15) is 0 Å². The summed E-state index contributed by atoms with van der Waals surface area (Å²) >= 11 is 0. The molecule has 2 heteroatoms. The molecule has 0 amide bonds. The van der Waals surface area contributed by atoms with Gasteiger partial charge in [-0.05, 0) is 40.1 Å². The molecule has 0 bridgehead atoms. The number of rotatable bonds is 2. The zero-order chi connectivity index (χ0) is 17.5. The maximum atomic E-state index is 4.73. The van der Waals surface area contributed by atoms with E-state index in [1.807, 2.05) is 6.20 Å². The van der Waals surface area contributed by atoms with Crippen molar-refractivity contribution in [3.8, 4) is 22.6 Å². The van der Waals surface area contributed by atoms with Gasteiger partial charge in [0, 0.05) is 5.56 Å². The van der Waals surface area contributed by atoms with Crippen molar-refractivity contribution in [3.05, 3.63) is 90.6 Å². The SMILES string of the molecule is Cc1ccc(-c2cnc(-c3c4ccccc4cc4ccccc34)[nH]2)cc1. The average molecular weight is 334 g/mol. The van der Waals surface area contributed by atoms with Gasteiger partial charge in [0.15, 0.2) is 0 Å². The first-order valence-corrected chi connectivity index (χ1v) is 8.82. The van der Waals surface area contributed by atoms with Crippen molar-refractivity contribution in [1.29, 1.82) is 0 Å². The van der Waals surface area contributed by atoms with Crippen LogP contribution in [0.15, 0.2) is 85.1 Å². The Labute approximate surface area is 152 Å². The second kappa shape index (κ2) is 5.85. The Morgan fingerprint density at radius 2 is 1.35 bits per heavy atom. The van der Waals surface area contributed by atoms with Crippen LogP contribution >= 0.6 is 0 Å². The van der Waals surface area contributed by atoms with Crippen molar-refractivity contribution >= 4 is 21.5 Å². The fraction of sp³-hybridized carbons (Fsp3) is 0.0417. The first kappa shape index (κ1) is 14.9. The summed E-state index contributed by atoms with van der Waals surface area (Å²) in [7, 11) is 0. The van der Waals surface area contributed by atoms with Crippen LogP contribution in [-0.2, 0) is 0 Å². The lowest BCUT2D eigenvalue weighted by Gasteiger charge is -2.09. The highest BCUT2D eigenvalue weighted by Crippen LogP contribution is 2.35. The molecule has 4 aromatic carbocycles. The minimum absolute atomic E-state index is 0.911. The number of nitrogens with zero attached hydrogens (tertiary/aromatic N) is 1. The molecular formula is C24H18N2. The molecule has 1 heterocycles. The van der Waals surface area contributed by atoms with Gasteiger partial charge in [0.2, 0.25) is 0 Å². The molecule has 0 radical (unpaired) electrons. The molecule has 0 unspecified atom stereocenters. The monoisotopic (exact) mass is 334 g/mol. The minimum Gasteiger partial charge on any atom is -0.338 e. The highest BCUT2D eigenvalue weighted by Gasteiger charge is 2.13. The Balaban J connectivity index is 1.77. The Morgan fingerprint density at radius 3 is 2.00 bits per heavy atom. The lowest BCUT2D eigenvalue weighted by molar-refractivity contribution is 1.32. The van der Waals surface area contributed by atoms with Crippen LogP contribution in [0.4, 0.5) is 0 Å². The molecular weight excluding hydrogens is 316 g/mol. The summed E-state index contributed by atoms with van der Waals surface area (Å²) in [5.74, 6) is 0.911. The van der Waals surface area contributed by atoms with Gasteiger partial charge < -0.3 is 4.98 Å². The van der Waals surface area contributed by atoms with E-state index >= 15 is 0 Å². The van der Waals surface area contributed by atoms with Crippen molar-refractivity contribution in [2.45, 2.75) is 6.92 Å². The summed E-state index contributed by atoms with van der Waals surface area (Å²) in [4.78, 5) is 8.27. The van der Waals surface area contributed by atoms with Crippen LogP contribution in [0.5, 0.6) is 0 Å². The third kappa shape index (κ3) is 2.39. The molecule has 5 aromatic rings. The Hall–Kier alpha value is -3.39. The van der Waals surface area contributed by atoms with E-state index in [0.29, 0.717) is 0 Å². The van der Waals surface area contributed by atoms with Gasteiger partial charge in [-0.1, -0.05) is 78.4 Å². The molecule has 0 aliphatic carbocycles. The van der Waals surface area contributed by atoms with Crippen molar-refractivity contribution in [3.63, 3.8) is 0 Å². The van der Waals surface area contributed by atoms with Gasteiger partial charge in [-0.25, -0.2) is 4.98 Å². The molecule has 0 saturated heterocycles. The molecule has 0 spiro atoms. The number of H-pyrrole nitrogens is 1. The number of imidazole rings is 1. The molecule has 124 valence electrons. The van der Waals surface area contributed by atoms with Crippen LogP contribution in [0.25, 0.3) is 44.2 Å². The second-order valence-electron chi connectivity index (χ2n) is 6.71. The van der Waals surface area contributed by atoms with E-state index in [1.165, 1.54) is 27.1 Å². The summed E-state index contributed by atoms with van der Waals surface area (Å²) in [6.07, 6.45) is 1.93. The number of fused-ring (bicyclic) bond motifs is 2. The third-order valence-electron chi connectivity index (χ3n) is 4.95. The van der Waals surface area contributed by atoms with Gasteiger partial charge in [-0.15, -0.1) is 0 Å². The second-order valence-corrected chi connectivity index (χ2v) is 6.71. The predicted octanol–water partition coefficient (Wildman–Crippen LogP) is 6.36. The van der Waals surface area contributed by atoms with Crippen LogP contribution in [0.1, 0.15) is 5.56 Å². The Kier molecular flexibility index (Phi) is 3.36. The molecule has 2 nitrogen and oxygen atoms in total. The Bertz CT molecular complexity index is 1180. The average Bonchev–Trinajstić information content (AvgIpc) is 3.16. The first-order valence-electron chi connectivity index (χ1n) is 8.82. The molecule has 1 aromatic heterocycles. The number of hydrogen-bond acceptors (Lipinski definition) is 1. The summed E-state index contributed by atoms with van der Waals surface area (Å²) in [6.45, 7) is 2.10. The van der Waals surface area contributed by atoms with E-state index < -0.39 is 0 Å². The van der Waals surface area contributed by atoms with Crippen LogP contribution in [0.3, 0.4) is 0 Å². The number of benzene rings is 4. The van der Waals surface area contributed by atoms with E-state index in [2.05, 4.69) is 90.8 Å². The highest BCUT2D eigenvalue weighted by atomic mass is 14.9. The van der Waals surface area contributed by atoms with Gasteiger partial charge in [-0.2, -0.15) is 0 Å². The minimum atomic E-state index is 0.911. The molecule has 0 atom stereocenters. The first-order chi connectivity index (χ1) is 12.8. The number of nitrogens with one attached hydrogen (secondary N) is 1. The van der Waals surface area contributed by atoms with Crippen molar-refractivity contribution in [1.82, 2.24) is 9.97 Å². The van der Waals surface area contributed by atoms with E-state index in [-0.39, 0.29) is 0 Å². The van der Waals surface area contributed by atoms with Crippen LogP contribution in [0, 0.1) is 6.92 Å². The van der Waals surface area contributed by atoms with Crippen molar-refractivity contribution < 1.29 is 0 Å². The van der Waals surface area contributed by atoms with E-state index in [4.69, 9.17) is 4.98 Å². The summed E-state index contributed by atoms with van der Waals surface area (Å²) < 4.78 is 0. The third-order valence-corrected chi connectivity index (χ3v) is 4.95. The lowest BCUT2D eigenvalue weighted by Crippen LogP contribution is -1.87. The summed E-state index contributed by atoms with van der Waals surface area (Å²) in [6, 6.07) is 27.8. The van der Waals surface area contributed by atoms with Crippen LogP contribution in [0.2, 0.25) is 0 Å². The maximum absolute atomic E-state index is 4.73. The highest BCUT2D eigenvalue weighted by molar-refractivity contribution is 6.11. The molecule has 0 fully saturated rings. The summed E-state index contributed by atoms with van der Waals surface area (Å²) in [5.41, 5.74) is 4.61. The van der Waals surface area contributed by atoms with Gasteiger partial charge in [0.25, 0.3) is 0 Å². The quantitative estimate of drug-likeness (QED) is 0.374. The van der Waals surface area contributed by atoms with Gasteiger partial charge in [-0.3, -0.25) is 0 Å². The van der Waals surface area contributed by atoms with Gasteiger partial charge in [0.1, 0.15) is 5.82 Å². The largest absolute Gasteiger partial charge is 0.338 e. The van der Waals surface area contributed by atoms with Crippen molar-refractivity contribution in [2.75, 3.05) is 0 Å². The van der Waals surface area contributed by atoms with Gasteiger partial charge in [0.05, 0.1) is 11.9 Å². The fourth-order valence-corrected chi connectivity index (χ4v) is 3.60. The molecule has 5 rings (SSSR count). The molecule has 26 heavy (non-hydrogen) atoms. The van der Waals surface area contributed by atoms with Crippen molar-refractivity contribution in [2.24, 2.45) is 0 Å². The zero-order valence-corrected chi connectivity index (χ0v) is 14.5. The van der Waals surface area contributed by atoms with E-state index in [0.717, 1.165) is 22.6 Å². The fourth-order valence-electron chi connectivity index (χ4n) is 3.60.